The van der Waals surface area contributed by atoms with Gasteiger partial charge in [0.25, 0.3) is 0 Å². The van der Waals surface area contributed by atoms with Crippen LogP contribution in [0.15, 0.2) is 165 Å². The van der Waals surface area contributed by atoms with Gasteiger partial charge in [-0.05, 0) is 76.0 Å². The lowest BCUT2D eigenvalue weighted by Gasteiger charge is -2.25. The highest BCUT2D eigenvalue weighted by Crippen LogP contribution is 2.52. The van der Waals surface area contributed by atoms with Gasteiger partial charge < -0.3 is 9.73 Å². The highest BCUT2D eigenvalue weighted by Gasteiger charge is 2.35. The number of thiophene rings is 1. The summed E-state index contributed by atoms with van der Waals surface area (Å²) in [6, 6.07) is 52.3. The van der Waals surface area contributed by atoms with Crippen molar-refractivity contribution >= 4 is 87.5 Å². The van der Waals surface area contributed by atoms with Crippen LogP contribution in [0.4, 0.5) is 0 Å². The summed E-state index contributed by atoms with van der Waals surface area (Å²) in [6.45, 7) is 0. The van der Waals surface area contributed by atoms with E-state index in [1.807, 2.05) is 23.1 Å². The first kappa shape index (κ1) is 27.3. The third-order valence-electron chi connectivity index (χ3n) is 9.94. The molecule has 230 valence electrons. The third-order valence-corrected chi connectivity index (χ3v) is 12.3. The molecule has 4 heterocycles. The summed E-state index contributed by atoms with van der Waals surface area (Å²) in [5.41, 5.74) is 8.54. The molecular formula is C44H26N2OS2. The Bertz CT molecular complexity index is 2910. The lowest BCUT2D eigenvalue weighted by Crippen LogP contribution is -2.32. The zero-order valence-electron chi connectivity index (χ0n) is 26.1. The summed E-state index contributed by atoms with van der Waals surface area (Å²) in [5.74, 6) is 0.864. The SMILES string of the molecule is c1ccc2c(c1)SC1=C(c3ccc4sc5ccccc5c4c3)N=C(c3cccc4oc5cc(-c6ccc7ccccc7c6)ccc5c34)NC12. The smallest absolute Gasteiger partial charge is 0.136 e. The van der Waals surface area contributed by atoms with Gasteiger partial charge >= 0.3 is 0 Å². The average molecular weight is 663 g/mol. The van der Waals surface area contributed by atoms with E-state index in [1.165, 1.54) is 51.9 Å². The van der Waals surface area contributed by atoms with E-state index in [2.05, 4.69) is 151 Å². The van der Waals surface area contributed by atoms with E-state index in [9.17, 15) is 0 Å². The van der Waals surface area contributed by atoms with Crippen LogP contribution in [-0.4, -0.2) is 5.84 Å². The van der Waals surface area contributed by atoms with E-state index in [1.54, 1.807) is 0 Å². The fourth-order valence-corrected chi connectivity index (χ4v) is 9.92. The Morgan fingerprint density at radius 1 is 0.571 bits per heavy atom. The summed E-state index contributed by atoms with van der Waals surface area (Å²) in [7, 11) is 0. The van der Waals surface area contributed by atoms with Crippen molar-refractivity contribution in [2.24, 2.45) is 4.99 Å². The number of hydrogen-bond donors (Lipinski definition) is 1. The normalized spacial score (nSPS) is 15.7. The molecule has 11 rings (SSSR count). The minimum absolute atomic E-state index is 0.0199. The van der Waals surface area contributed by atoms with Gasteiger partial charge in [-0.25, -0.2) is 4.99 Å². The standard InChI is InChI=1S/C44H26N2OS2/c1-2-9-26-22-27(17-16-25(26)8-1)28-18-20-31-36(24-28)47-35-13-7-12-33(40(31)35)44-45-41(43-42(46-44)32-11-4-6-15-38(32)49-43)29-19-21-39-34(23-29)30-10-3-5-14-37(30)48-39/h1-24,42H,(H,45,46). The molecule has 1 unspecified atom stereocenters. The van der Waals surface area contributed by atoms with Crippen LogP contribution in [0.2, 0.25) is 0 Å². The number of rotatable bonds is 3. The minimum atomic E-state index is 0.0199. The molecule has 0 saturated carbocycles. The predicted octanol–water partition coefficient (Wildman–Crippen LogP) is 12.3. The van der Waals surface area contributed by atoms with E-state index in [0.717, 1.165) is 50.2 Å². The van der Waals surface area contributed by atoms with Gasteiger partial charge in [-0.1, -0.05) is 109 Å². The second-order valence-corrected chi connectivity index (χ2v) is 14.9. The van der Waals surface area contributed by atoms with Crippen LogP contribution in [0, 0.1) is 0 Å². The summed E-state index contributed by atoms with van der Waals surface area (Å²) in [5, 5.41) is 11.1. The highest BCUT2D eigenvalue weighted by atomic mass is 32.2. The number of nitrogens with one attached hydrogen (secondary N) is 1. The van der Waals surface area contributed by atoms with E-state index < -0.39 is 0 Å². The van der Waals surface area contributed by atoms with Gasteiger partial charge in [0, 0.05) is 51.9 Å². The number of aliphatic imine (C=N–C) groups is 1. The van der Waals surface area contributed by atoms with Crippen LogP contribution in [0.25, 0.3) is 69.7 Å². The van der Waals surface area contributed by atoms with Gasteiger partial charge in [-0.2, -0.15) is 0 Å². The maximum atomic E-state index is 6.57. The zero-order valence-corrected chi connectivity index (χ0v) is 27.7. The van der Waals surface area contributed by atoms with Gasteiger partial charge in [0.15, 0.2) is 0 Å². The molecule has 0 aliphatic carbocycles. The first-order valence-corrected chi connectivity index (χ1v) is 18.1. The second kappa shape index (κ2) is 10.4. The number of thioether (sulfide) groups is 1. The molecule has 5 heteroatoms. The summed E-state index contributed by atoms with van der Waals surface area (Å²) in [6.07, 6.45) is 0. The van der Waals surface area contributed by atoms with Crippen molar-refractivity contribution in [2.75, 3.05) is 0 Å². The molecular weight excluding hydrogens is 637 g/mol. The lowest BCUT2D eigenvalue weighted by molar-refractivity contribution is 0.669. The first-order chi connectivity index (χ1) is 24.2. The number of furan rings is 1. The first-order valence-electron chi connectivity index (χ1n) is 16.5. The minimum Gasteiger partial charge on any atom is -0.456 e. The Balaban J connectivity index is 1.08. The second-order valence-electron chi connectivity index (χ2n) is 12.8. The zero-order chi connectivity index (χ0) is 32.1. The van der Waals surface area contributed by atoms with Gasteiger partial charge in [-0.3, -0.25) is 0 Å². The largest absolute Gasteiger partial charge is 0.456 e. The van der Waals surface area contributed by atoms with Crippen molar-refractivity contribution < 1.29 is 4.42 Å². The molecule has 7 aromatic carbocycles. The van der Waals surface area contributed by atoms with Crippen molar-refractivity contribution in [1.29, 1.82) is 0 Å². The van der Waals surface area contributed by atoms with E-state index in [4.69, 9.17) is 9.41 Å². The number of nitrogens with zero attached hydrogens (tertiary/aromatic N) is 1. The molecule has 0 saturated heterocycles. The molecule has 0 amide bonds. The third kappa shape index (κ3) is 4.19. The molecule has 0 fully saturated rings. The summed E-state index contributed by atoms with van der Waals surface area (Å²) in [4.78, 5) is 8.00. The molecule has 2 aromatic heterocycles. The van der Waals surface area contributed by atoms with Crippen molar-refractivity contribution in [3.8, 4) is 11.1 Å². The van der Waals surface area contributed by atoms with Crippen LogP contribution >= 0.6 is 23.1 Å². The predicted molar refractivity (Wildman–Crippen MR) is 208 cm³/mol. The molecule has 1 atom stereocenters. The van der Waals surface area contributed by atoms with Gasteiger partial charge in [0.05, 0.1) is 11.7 Å². The quantitative estimate of drug-likeness (QED) is 0.205. The molecule has 2 aliphatic rings. The Labute approximate surface area is 290 Å². The van der Waals surface area contributed by atoms with Crippen molar-refractivity contribution in [2.45, 2.75) is 10.9 Å². The molecule has 1 N–H and O–H groups in total. The summed E-state index contributed by atoms with van der Waals surface area (Å²) >= 11 is 3.68. The Morgan fingerprint density at radius 2 is 1.37 bits per heavy atom. The fraction of sp³-hybridized carbons (Fsp3) is 0.0227. The van der Waals surface area contributed by atoms with Crippen LogP contribution in [0.1, 0.15) is 22.7 Å². The monoisotopic (exact) mass is 662 g/mol. The molecule has 0 radical (unpaired) electrons. The molecule has 0 spiro atoms. The maximum Gasteiger partial charge on any atom is 0.136 e. The van der Waals surface area contributed by atoms with Crippen molar-refractivity contribution in [3.63, 3.8) is 0 Å². The van der Waals surface area contributed by atoms with E-state index in [0.29, 0.717) is 0 Å². The number of amidine groups is 1. The van der Waals surface area contributed by atoms with Gasteiger partial charge in [0.1, 0.15) is 17.0 Å². The van der Waals surface area contributed by atoms with Crippen LogP contribution < -0.4 is 5.32 Å². The van der Waals surface area contributed by atoms with Gasteiger partial charge in [0.2, 0.25) is 0 Å². The number of hydrogen-bond acceptors (Lipinski definition) is 5. The molecule has 49 heavy (non-hydrogen) atoms. The number of benzene rings is 7. The van der Waals surface area contributed by atoms with E-state index in [-0.39, 0.29) is 6.04 Å². The lowest BCUT2D eigenvalue weighted by atomic mass is 9.97. The fourth-order valence-electron chi connectivity index (χ4n) is 7.58. The molecule has 9 aromatic rings. The molecule has 0 bridgehead atoms. The van der Waals surface area contributed by atoms with Crippen molar-refractivity contribution in [3.05, 3.63) is 167 Å². The van der Waals surface area contributed by atoms with Crippen molar-refractivity contribution in [1.82, 2.24) is 5.32 Å². The van der Waals surface area contributed by atoms with Crippen LogP contribution in [0.3, 0.4) is 0 Å². The molecule has 3 nitrogen and oxygen atoms in total. The highest BCUT2D eigenvalue weighted by molar-refractivity contribution is 8.03. The average Bonchev–Trinajstić information content (AvgIpc) is 3.85. The number of fused-ring (bicyclic) bond motifs is 10. The maximum absolute atomic E-state index is 6.57. The van der Waals surface area contributed by atoms with Crippen LogP contribution in [0.5, 0.6) is 0 Å². The van der Waals surface area contributed by atoms with Crippen LogP contribution in [-0.2, 0) is 0 Å². The van der Waals surface area contributed by atoms with E-state index >= 15 is 0 Å². The Morgan fingerprint density at radius 3 is 2.35 bits per heavy atom. The Hall–Kier alpha value is -5.62. The Kier molecular flexibility index (Phi) is 5.82. The molecule has 2 aliphatic heterocycles. The van der Waals surface area contributed by atoms with Gasteiger partial charge in [-0.15, -0.1) is 11.3 Å². The topological polar surface area (TPSA) is 37.5 Å². The summed E-state index contributed by atoms with van der Waals surface area (Å²) < 4.78 is 9.18.